The lowest BCUT2D eigenvalue weighted by molar-refractivity contribution is 0.0654. The molecule has 2 heterocycles. The van der Waals surface area contributed by atoms with Gasteiger partial charge in [-0.1, -0.05) is 0 Å². The summed E-state index contributed by atoms with van der Waals surface area (Å²) in [5, 5.41) is 4.31. The summed E-state index contributed by atoms with van der Waals surface area (Å²) in [7, 11) is 3.82. The molecule has 0 spiro atoms. The van der Waals surface area contributed by atoms with Crippen LogP contribution in [0.5, 0.6) is 0 Å². The lowest BCUT2D eigenvalue weighted by atomic mass is 10.0. The number of anilines is 1. The van der Waals surface area contributed by atoms with Crippen LogP contribution in [0.15, 0.2) is 23.6 Å². The van der Waals surface area contributed by atoms with Crippen LogP contribution in [0.4, 0.5) is 13.9 Å². The van der Waals surface area contributed by atoms with Crippen molar-refractivity contribution in [3.63, 3.8) is 0 Å². The van der Waals surface area contributed by atoms with Gasteiger partial charge in [0, 0.05) is 24.0 Å². The van der Waals surface area contributed by atoms with Crippen molar-refractivity contribution in [3.05, 3.63) is 46.5 Å². The second-order valence-corrected chi connectivity index (χ2v) is 7.43. The molecule has 1 aromatic carbocycles. The molecule has 1 aromatic heterocycles. The molecule has 0 aliphatic carbocycles. The van der Waals surface area contributed by atoms with Crippen LogP contribution in [0, 0.1) is 11.6 Å². The zero-order chi connectivity index (χ0) is 19.6. The standard InChI is InChI=1S/C18H20F2N4O2S/c1-23-7-5-12(6-8-23)24(2)17(26)15-10-27-18(21-15)22-16(25)11-3-4-13(19)14(20)9-11/h3-4,9-10,12H,5-8H2,1-2H3,(H,21,22,25). The van der Waals surface area contributed by atoms with Crippen molar-refractivity contribution in [2.45, 2.75) is 18.9 Å². The minimum absolute atomic E-state index is 0.0274. The first-order chi connectivity index (χ1) is 12.8. The topological polar surface area (TPSA) is 65.5 Å². The summed E-state index contributed by atoms with van der Waals surface area (Å²) >= 11 is 1.11. The predicted octanol–water partition coefficient (Wildman–Crippen LogP) is 2.84. The molecule has 0 bridgehead atoms. The number of hydrogen-bond donors (Lipinski definition) is 1. The second kappa shape index (κ2) is 8.10. The Morgan fingerprint density at radius 2 is 1.96 bits per heavy atom. The van der Waals surface area contributed by atoms with Gasteiger partial charge in [-0.15, -0.1) is 11.3 Å². The summed E-state index contributed by atoms with van der Waals surface area (Å²) in [5.74, 6) is -2.94. The molecule has 1 saturated heterocycles. The lowest BCUT2D eigenvalue weighted by Gasteiger charge is -2.34. The van der Waals surface area contributed by atoms with Gasteiger partial charge in [-0.25, -0.2) is 13.8 Å². The molecule has 9 heteroatoms. The highest BCUT2D eigenvalue weighted by Gasteiger charge is 2.26. The van der Waals surface area contributed by atoms with Gasteiger partial charge in [-0.05, 0) is 51.2 Å². The number of benzene rings is 1. The molecule has 2 amide bonds. The van der Waals surface area contributed by atoms with Crippen molar-refractivity contribution in [1.29, 1.82) is 0 Å². The van der Waals surface area contributed by atoms with Crippen LogP contribution in [0.3, 0.4) is 0 Å². The molecule has 1 fully saturated rings. The minimum atomic E-state index is -1.10. The molecule has 6 nitrogen and oxygen atoms in total. The van der Waals surface area contributed by atoms with E-state index in [0.29, 0.717) is 0 Å². The number of hydrogen-bond acceptors (Lipinski definition) is 5. The molecule has 27 heavy (non-hydrogen) atoms. The van der Waals surface area contributed by atoms with E-state index < -0.39 is 17.5 Å². The summed E-state index contributed by atoms with van der Waals surface area (Å²) in [6.07, 6.45) is 1.81. The molecular weight excluding hydrogens is 374 g/mol. The highest BCUT2D eigenvalue weighted by Crippen LogP contribution is 2.21. The summed E-state index contributed by atoms with van der Waals surface area (Å²) in [6.45, 7) is 1.88. The van der Waals surface area contributed by atoms with E-state index >= 15 is 0 Å². The molecule has 0 saturated carbocycles. The highest BCUT2D eigenvalue weighted by atomic mass is 32.1. The van der Waals surface area contributed by atoms with E-state index in [4.69, 9.17) is 0 Å². The molecular formula is C18H20F2N4O2S. The van der Waals surface area contributed by atoms with Crippen molar-refractivity contribution < 1.29 is 18.4 Å². The Morgan fingerprint density at radius 1 is 1.26 bits per heavy atom. The Balaban J connectivity index is 1.64. The van der Waals surface area contributed by atoms with Crippen molar-refractivity contribution in [2.24, 2.45) is 0 Å². The third-order valence-electron chi connectivity index (χ3n) is 4.68. The Morgan fingerprint density at radius 3 is 2.63 bits per heavy atom. The first kappa shape index (κ1) is 19.4. The molecule has 3 rings (SSSR count). The number of aromatic nitrogens is 1. The quantitative estimate of drug-likeness (QED) is 0.866. The monoisotopic (exact) mass is 394 g/mol. The fourth-order valence-electron chi connectivity index (χ4n) is 2.96. The van der Waals surface area contributed by atoms with Crippen LogP contribution in [0.1, 0.15) is 33.7 Å². The molecule has 1 N–H and O–H groups in total. The number of nitrogens with zero attached hydrogens (tertiary/aromatic N) is 3. The van der Waals surface area contributed by atoms with E-state index in [1.165, 1.54) is 6.07 Å². The van der Waals surface area contributed by atoms with Gasteiger partial charge in [0.05, 0.1) is 0 Å². The highest BCUT2D eigenvalue weighted by molar-refractivity contribution is 7.14. The number of piperidine rings is 1. The number of halogens is 2. The maximum absolute atomic E-state index is 13.3. The van der Waals surface area contributed by atoms with Crippen LogP contribution >= 0.6 is 11.3 Å². The Kier molecular flexibility index (Phi) is 5.81. The van der Waals surface area contributed by atoms with Crippen molar-refractivity contribution in [3.8, 4) is 0 Å². The molecule has 2 aromatic rings. The fourth-order valence-corrected chi connectivity index (χ4v) is 3.64. The number of thiazole rings is 1. The van der Waals surface area contributed by atoms with E-state index in [2.05, 4.69) is 22.2 Å². The SMILES string of the molecule is CN1CCC(N(C)C(=O)c2csc(NC(=O)c3ccc(F)c(F)c3)n2)CC1. The van der Waals surface area contributed by atoms with Gasteiger partial charge < -0.3 is 9.80 Å². The van der Waals surface area contributed by atoms with Crippen LogP contribution in [-0.4, -0.2) is 59.8 Å². The third kappa shape index (κ3) is 4.48. The van der Waals surface area contributed by atoms with Gasteiger partial charge in [0.25, 0.3) is 11.8 Å². The van der Waals surface area contributed by atoms with Crippen LogP contribution in [0.25, 0.3) is 0 Å². The Labute approximate surface area is 159 Å². The molecule has 0 unspecified atom stereocenters. The second-order valence-electron chi connectivity index (χ2n) is 6.57. The largest absolute Gasteiger partial charge is 0.337 e. The maximum Gasteiger partial charge on any atom is 0.273 e. The zero-order valence-electron chi connectivity index (χ0n) is 15.0. The first-order valence-corrected chi connectivity index (χ1v) is 9.40. The van der Waals surface area contributed by atoms with Crippen LogP contribution in [0.2, 0.25) is 0 Å². The van der Waals surface area contributed by atoms with E-state index in [1.807, 2.05) is 0 Å². The van der Waals surface area contributed by atoms with Crippen LogP contribution < -0.4 is 5.32 Å². The Bertz CT molecular complexity index is 850. The predicted molar refractivity (Wildman–Crippen MR) is 99.0 cm³/mol. The van der Waals surface area contributed by atoms with Gasteiger partial charge in [0.2, 0.25) is 0 Å². The van der Waals surface area contributed by atoms with Gasteiger partial charge in [-0.3, -0.25) is 14.9 Å². The summed E-state index contributed by atoms with van der Waals surface area (Å²) in [5.41, 5.74) is 0.224. The van der Waals surface area contributed by atoms with Gasteiger partial charge in [0.15, 0.2) is 16.8 Å². The van der Waals surface area contributed by atoms with Crippen molar-refractivity contribution in [1.82, 2.24) is 14.8 Å². The number of likely N-dealkylation sites (tertiary alicyclic amines) is 1. The zero-order valence-corrected chi connectivity index (χ0v) is 15.9. The van der Waals surface area contributed by atoms with E-state index in [9.17, 15) is 18.4 Å². The number of nitrogens with one attached hydrogen (secondary N) is 1. The smallest absolute Gasteiger partial charge is 0.273 e. The molecule has 0 atom stereocenters. The normalized spacial score (nSPS) is 15.6. The number of carbonyl (C=O) groups is 2. The molecule has 1 aliphatic heterocycles. The minimum Gasteiger partial charge on any atom is -0.337 e. The van der Waals surface area contributed by atoms with Crippen LogP contribution in [-0.2, 0) is 0 Å². The number of amides is 2. The van der Waals surface area contributed by atoms with E-state index in [-0.39, 0.29) is 28.3 Å². The molecule has 1 aliphatic rings. The van der Waals surface area contributed by atoms with Gasteiger partial charge >= 0.3 is 0 Å². The maximum atomic E-state index is 13.3. The van der Waals surface area contributed by atoms with E-state index in [1.54, 1.807) is 17.3 Å². The van der Waals surface area contributed by atoms with Crippen molar-refractivity contribution >= 4 is 28.3 Å². The van der Waals surface area contributed by atoms with Gasteiger partial charge in [0.1, 0.15) is 5.69 Å². The number of rotatable bonds is 4. The number of carbonyl (C=O) groups excluding carboxylic acids is 2. The molecule has 144 valence electrons. The molecule has 0 radical (unpaired) electrons. The summed E-state index contributed by atoms with van der Waals surface area (Å²) in [6, 6.07) is 3.05. The van der Waals surface area contributed by atoms with E-state index in [0.717, 1.165) is 49.4 Å². The summed E-state index contributed by atoms with van der Waals surface area (Å²) < 4.78 is 26.2. The third-order valence-corrected chi connectivity index (χ3v) is 5.44. The average Bonchev–Trinajstić information content (AvgIpc) is 3.11. The Hall–Kier alpha value is -2.39. The lowest BCUT2D eigenvalue weighted by Crippen LogP contribution is -2.44. The fraction of sp³-hybridized carbons (Fsp3) is 0.389. The van der Waals surface area contributed by atoms with Gasteiger partial charge in [-0.2, -0.15) is 0 Å². The van der Waals surface area contributed by atoms with Crippen molar-refractivity contribution in [2.75, 3.05) is 32.5 Å². The average molecular weight is 394 g/mol. The first-order valence-electron chi connectivity index (χ1n) is 8.53. The summed E-state index contributed by atoms with van der Waals surface area (Å²) in [4.78, 5) is 32.9.